The number of carbonyl (C=O) groups is 1. The van der Waals surface area contributed by atoms with Crippen LogP contribution in [-0.2, 0) is 10.2 Å². The van der Waals surface area contributed by atoms with Gasteiger partial charge in [-0.15, -0.1) is 0 Å². The number of amides is 1. The van der Waals surface area contributed by atoms with Gasteiger partial charge in [-0.3, -0.25) is 4.79 Å². The van der Waals surface area contributed by atoms with Crippen molar-refractivity contribution in [3.63, 3.8) is 0 Å². The van der Waals surface area contributed by atoms with Crippen LogP contribution in [-0.4, -0.2) is 18.1 Å². The first-order chi connectivity index (χ1) is 12.4. The molecule has 2 heterocycles. The topological polar surface area (TPSA) is 32.3 Å². The summed E-state index contributed by atoms with van der Waals surface area (Å²) in [6, 6.07) is 13.9. The molecule has 1 fully saturated rings. The first-order valence-corrected chi connectivity index (χ1v) is 9.44. The van der Waals surface area contributed by atoms with E-state index in [0.29, 0.717) is 23.0 Å². The molecule has 3 nitrogen and oxygen atoms in total. The number of benzene rings is 2. The zero-order chi connectivity index (χ0) is 18.5. The number of para-hydroxylation sites is 1. The Balaban J connectivity index is 1.86. The van der Waals surface area contributed by atoms with Gasteiger partial charge in [0.2, 0.25) is 5.91 Å². The zero-order valence-corrected chi connectivity index (χ0v) is 16.2. The van der Waals surface area contributed by atoms with Gasteiger partial charge in [-0.25, -0.2) is 0 Å². The molecule has 1 atom stereocenters. The molecule has 2 aliphatic rings. The molecule has 2 aromatic carbocycles. The van der Waals surface area contributed by atoms with E-state index in [4.69, 9.17) is 23.2 Å². The van der Waals surface area contributed by atoms with Gasteiger partial charge in [0.25, 0.3) is 0 Å². The van der Waals surface area contributed by atoms with Crippen LogP contribution in [0.3, 0.4) is 0 Å². The molecule has 0 aromatic heterocycles. The van der Waals surface area contributed by atoms with Gasteiger partial charge in [-0.1, -0.05) is 73.5 Å². The minimum atomic E-state index is -0.641. The summed E-state index contributed by atoms with van der Waals surface area (Å²) in [5.74, 6) is 0.0592. The molecule has 0 spiro atoms. The Labute approximate surface area is 163 Å². The number of carbonyl (C=O) groups excluding carboxylic acids is 1. The molecule has 5 heteroatoms. The van der Waals surface area contributed by atoms with Crippen molar-refractivity contribution in [3.8, 4) is 0 Å². The lowest BCUT2D eigenvalue weighted by atomic mass is 9.74. The van der Waals surface area contributed by atoms with E-state index < -0.39 is 5.66 Å². The smallest absolute Gasteiger partial charge is 0.223 e. The summed E-state index contributed by atoms with van der Waals surface area (Å²) >= 11 is 12.5. The molecule has 2 aliphatic heterocycles. The molecule has 1 N–H and O–H groups in total. The summed E-state index contributed by atoms with van der Waals surface area (Å²) < 4.78 is 0. The highest BCUT2D eigenvalue weighted by Gasteiger charge is 2.57. The quantitative estimate of drug-likeness (QED) is 0.785. The number of anilines is 1. The minimum Gasteiger partial charge on any atom is -0.344 e. The second kappa shape index (κ2) is 6.04. The van der Waals surface area contributed by atoms with Gasteiger partial charge in [0.1, 0.15) is 5.66 Å². The normalized spacial score (nSPS) is 23.7. The van der Waals surface area contributed by atoms with E-state index in [-0.39, 0.29) is 11.3 Å². The summed E-state index contributed by atoms with van der Waals surface area (Å²) in [4.78, 5) is 14.7. The van der Waals surface area contributed by atoms with E-state index in [1.165, 1.54) is 11.3 Å². The highest BCUT2D eigenvalue weighted by Crippen LogP contribution is 2.52. The Bertz CT molecular complexity index is 922. The SMILES string of the molecule is CC1(C)c2ccccc2N2CCC(=O)NC21/C=C/c1cccc(Cl)c1Cl. The highest BCUT2D eigenvalue weighted by molar-refractivity contribution is 6.42. The maximum Gasteiger partial charge on any atom is 0.223 e. The van der Waals surface area contributed by atoms with Crippen molar-refractivity contribution in [2.24, 2.45) is 0 Å². The van der Waals surface area contributed by atoms with Crippen molar-refractivity contribution in [1.82, 2.24) is 5.32 Å². The van der Waals surface area contributed by atoms with Gasteiger partial charge in [-0.05, 0) is 29.3 Å². The monoisotopic (exact) mass is 386 g/mol. The lowest BCUT2D eigenvalue weighted by molar-refractivity contribution is -0.124. The predicted octanol–water partition coefficient (Wildman–Crippen LogP) is 5.02. The van der Waals surface area contributed by atoms with Crippen LogP contribution in [0, 0.1) is 0 Å². The molecule has 26 heavy (non-hydrogen) atoms. The Morgan fingerprint density at radius 1 is 1.12 bits per heavy atom. The molecule has 4 rings (SSSR count). The van der Waals surface area contributed by atoms with Crippen LogP contribution < -0.4 is 10.2 Å². The van der Waals surface area contributed by atoms with E-state index >= 15 is 0 Å². The molecule has 0 aliphatic carbocycles. The Hall–Kier alpha value is -1.97. The maximum atomic E-state index is 12.4. The molecule has 0 bridgehead atoms. The standard InChI is InChI=1S/C21H20Cl2N2O/c1-20(2)15-7-3-4-9-17(15)25-13-11-18(26)24-21(20,25)12-10-14-6-5-8-16(22)19(14)23/h3-10,12H,11,13H2,1-2H3,(H,24,26)/b12-10+. The summed E-state index contributed by atoms with van der Waals surface area (Å²) in [5, 5.41) is 4.29. The first kappa shape index (κ1) is 17.4. The maximum absolute atomic E-state index is 12.4. The van der Waals surface area contributed by atoms with Gasteiger partial charge in [0.15, 0.2) is 0 Å². The molecule has 2 aromatic rings. The minimum absolute atomic E-state index is 0.0592. The van der Waals surface area contributed by atoms with Crippen LogP contribution in [0.15, 0.2) is 48.5 Å². The number of nitrogens with one attached hydrogen (secondary N) is 1. The van der Waals surface area contributed by atoms with Gasteiger partial charge < -0.3 is 10.2 Å². The molecule has 0 saturated carbocycles. The number of rotatable bonds is 2. The average Bonchev–Trinajstić information content (AvgIpc) is 2.81. The Kier molecular flexibility index (Phi) is 4.05. The molecular formula is C21H20Cl2N2O. The third-order valence-electron chi connectivity index (χ3n) is 5.62. The van der Waals surface area contributed by atoms with Gasteiger partial charge in [-0.2, -0.15) is 0 Å². The van der Waals surface area contributed by atoms with Crippen LogP contribution in [0.1, 0.15) is 31.4 Å². The third kappa shape index (κ3) is 2.38. The molecular weight excluding hydrogens is 367 g/mol. The predicted molar refractivity (Wildman–Crippen MR) is 108 cm³/mol. The average molecular weight is 387 g/mol. The largest absolute Gasteiger partial charge is 0.344 e. The van der Waals surface area contributed by atoms with Crippen LogP contribution >= 0.6 is 23.2 Å². The van der Waals surface area contributed by atoms with E-state index in [9.17, 15) is 4.79 Å². The van der Waals surface area contributed by atoms with Crippen LogP contribution in [0.5, 0.6) is 0 Å². The van der Waals surface area contributed by atoms with Crippen molar-refractivity contribution in [2.75, 3.05) is 11.4 Å². The van der Waals surface area contributed by atoms with Crippen LogP contribution in [0.25, 0.3) is 6.08 Å². The van der Waals surface area contributed by atoms with E-state index in [1.807, 2.05) is 30.3 Å². The fourth-order valence-corrected chi connectivity index (χ4v) is 4.55. The van der Waals surface area contributed by atoms with E-state index in [0.717, 1.165) is 5.56 Å². The second-order valence-corrected chi connectivity index (χ2v) is 8.12. The molecule has 134 valence electrons. The Morgan fingerprint density at radius 2 is 1.88 bits per heavy atom. The molecule has 1 unspecified atom stereocenters. The van der Waals surface area contributed by atoms with Crippen molar-refractivity contribution in [2.45, 2.75) is 31.3 Å². The van der Waals surface area contributed by atoms with Crippen molar-refractivity contribution < 1.29 is 4.79 Å². The number of hydrogen-bond donors (Lipinski definition) is 1. The van der Waals surface area contributed by atoms with Crippen molar-refractivity contribution >= 4 is 40.9 Å². The summed E-state index contributed by atoms with van der Waals surface area (Å²) in [7, 11) is 0. The number of fused-ring (bicyclic) bond motifs is 3. The van der Waals surface area contributed by atoms with Crippen LogP contribution in [0.4, 0.5) is 5.69 Å². The van der Waals surface area contributed by atoms with Gasteiger partial charge in [0.05, 0.1) is 10.0 Å². The molecule has 0 radical (unpaired) electrons. The number of halogens is 2. The Morgan fingerprint density at radius 3 is 2.69 bits per heavy atom. The van der Waals surface area contributed by atoms with Gasteiger partial charge >= 0.3 is 0 Å². The second-order valence-electron chi connectivity index (χ2n) is 7.33. The van der Waals surface area contributed by atoms with Crippen molar-refractivity contribution in [1.29, 1.82) is 0 Å². The lowest BCUT2D eigenvalue weighted by Gasteiger charge is -2.49. The fourth-order valence-electron chi connectivity index (χ4n) is 4.18. The van der Waals surface area contributed by atoms with E-state index in [2.05, 4.69) is 42.3 Å². The highest BCUT2D eigenvalue weighted by atomic mass is 35.5. The van der Waals surface area contributed by atoms with Crippen molar-refractivity contribution in [3.05, 3.63) is 69.7 Å². The molecule has 1 amide bonds. The summed E-state index contributed by atoms with van der Waals surface area (Å²) in [6.45, 7) is 5.02. The van der Waals surface area contributed by atoms with Gasteiger partial charge in [0, 0.05) is 24.1 Å². The van der Waals surface area contributed by atoms with Crippen LogP contribution in [0.2, 0.25) is 10.0 Å². The van der Waals surface area contributed by atoms with E-state index in [1.54, 1.807) is 6.07 Å². The first-order valence-electron chi connectivity index (χ1n) is 8.68. The molecule has 1 saturated heterocycles. The zero-order valence-electron chi connectivity index (χ0n) is 14.7. The summed E-state index contributed by atoms with van der Waals surface area (Å²) in [5.41, 5.74) is 2.28. The third-order valence-corrected chi connectivity index (χ3v) is 6.46. The fraction of sp³-hybridized carbons (Fsp3) is 0.286. The summed E-state index contributed by atoms with van der Waals surface area (Å²) in [6.07, 6.45) is 4.50. The number of hydrogen-bond acceptors (Lipinski definition) is 2. The lowest BCUT2D eigenvalue weighted by Crippen LogP contribution is -2.68. The number of nitrogens with zero attached hydrogens (tertiary/aromatic N) is 1.